The largest absolute Gasteiger partial charge is 0.316 e. The standard InChI is InChI=1S/C6H15N4/c1-2-10(5-7)4-3-6(8)9/h6-7H,2-4,8-9H2,1H3/q+1. The highest BCUT2D eigenvalue weighted by Crippen LogP contribution is 1.80. The van der Waals surface area contributed by atoms with Gasteiger partial charge in [-0.2, -0.15) is 0 Å². The quantitative estimate of drug-likeness (QED) is 0.279. The summed E-state index contributed by atoms with van der Waals surface area (Å²) in [6.45, 7) is 3.47. The minimum Gasteiger partial charge on any atom is -0.316 e. The molecule has 0 saturated heterocycles. The van der Waals surface area contributed by atoms with Crippen molar-refractivity contribution in [2.75, 3.05) is 13.1 Å². The van der Waals surface area contributed by atoms with Crippen LogP contribution in [0.4, 0.5) is 0 Å². The lowest BCUT2D eigenvalue weighted by Crippen LogP contribution is -2.33. The topological polar surface area (TPSA) is 78.9 Å². The number of nitrogens with one attached hydrogen (secondary N) is 1. The maximum atomic E-state index is 6.80. The van der Waals surface area contributed by atoms with E-state index in [0.717, 1.165) is 13.1 Å². The molecule has 0 aliphatic carbocycles. The molecule has 4 nitrogen and oxygen atoms in total. The summed E-state index contributed by atoms with van der Waals surface area (Å²) in [5, 5.41) is 6.80. The van der Waals surface area contributed by atoms with Crippen LogP contribution in [0, 0.1) is 5.41 Å². The predicted molar refractivity (Wildman–Crippen MR) is 40.2 cm³/mol. The Labute approximate surface area is 61.0 Å². The van der Waals surface area contributed by atoms with Gasteiger partial charge in [-0.15, -0.1) is 0 Å². The summed E-state index contributed by atoms with van der Waals surface area (Å²) in [7, 11) is 0. The van der Waals surface area contributed by atoms with Gasteiger partial charge in [-0.05, 0) is 6.92 Å². The molecule has 0 aliphatic rings. The minimum atomic E-state index is -0.276. The molecule has 0 rings (SSSR count). The van der Waals surface area contributed by atoms with Crippen LogP contribution in [0.1, 0.15) is 13.3 Å². The molecular weight excluding hydrogens is 128 g/mol. The van der Waals surface area contributed by atoms with Gasteiger partial charge in [0.15, 0.2) is 0 Å². The second-order valence-electron chi connectivity index (χ2n) is 2.14. The van der Waals surface area contributed by atoms with Gasteiger partial charge in [0, 0.05) is 6.42 Å². The molecule has 0 aliphatic heterocycles. The smallest absolute Gasteiger partial charge is 0.303 e. The summed E-state index contributed by atoms with van der Waals surface area (Å²) in [6.07, 6.45) is 0.432. The third kappa shape index (κ3) is 4.21. The molecule has 0 spiro atoms. The van der Waals surface area contributed by atoms with E-state index in [1.165, 1.54) is 0 Å². The van der Waals surface area contributed by atoms with Gasteiger partial charge in [-0.1, -0.05) is 5.41 Å². The normalized spacial score (nSPS) is 9.60. The summed E-state index contributed by atoms with van der Waals surface area (Å²) in [4.78, 5) is 0. The highest BCUT2D eigenvalue weighted by Gasteiger charge is 1.98. The Morgan fingerprint density at radius 2 is 2.20 bits per heavy atom. The highest BCUT2D eigenvalue weighted by molar-refractivity contribution is 5.27. The fourth-order valence-corrected chi connectivity index (χ4v) is 0.598. The van der Waals surface area contributed by atoms with E-state index in [9.17, 15) is 0 Å². The molecule has 58 valence electrons. The van der Waals surface area contributed by atoms with Crippen molar-refractivity contribution in [3.05, 3.63) is 0 Å². The van der Waals surface area contributed by atoms with Crippen molar-refractivity contribution in [1.82, 2.24) is 0 Å². The van der Waals surface area contributed by atoms with Gasteiger partial charge in [-0.3, -0.25) is 0 Å². The van der Waals surface area contributed by atoms with E-state index in [1.807, 2.05) is 6.92 Å². The first-order valence-electron chi connectivity index (χ1n) is 3.39. The average molecular weight is 143 g/mol. The minimum absolute atomic E-state index is 0.276. The van der Waals surface area contributed by atoms with Crippen LogP contribution >= 0.6 is 0 Å². The van der Waals surface area contributed by atoms with Gasteiger partial charge in [0.25, 0.3) is 0 Å². The SMILES string of the molecule is CC[N+](=C=N)CCC(N)N. The molecule has 5 N–H and O–H groups in total. The molecule has 0 aromatic rings. The summed E-state index contributed by atoms with van der Waals surface area (Å²) in [5.74, 6) is 0. The van der Waals surface area contributed by atoms with E-state index in [0.29, 0.717) is 6.42 Å². The summed E-state index contributed by atoms with van der Waals surface area (Å²) >= 11 is 0. The maximum Gasteiger partial charge on any atom is 0.303 e. The molecule has 0 heterocycles. The number of hydrogen-bond acceptors (Lipinski definition) is 3. The lowest BCUT2D eigenvalue weighted by atomic mass is 10.3. The molecule has 0 radical (unpaired) electrons. The Kier molecular flexibility index (Phi) is 4.76. The number of rotatable bonds is 4. The molecular formula is C6H15N4+. The van der Waals surface area contributed by atoms with Crippen LogP contribution in [0.25, 0.3) is 0 Å². The third-order valence-corrected chi connectivity index (χ3v) is 1.27. The third-order valence-electron chi connectivity index (χ3n) is 1.27. The fraction of sp³-hybridized carbons (Fsp3) is 0.833. The zero-order valence-electron chi connectivity index (χ0n) is 6.30. The molecule has 0 amide bonds. The lowest BCUT2D eigenvalue weighted by molar-refractivity contribution is -0.519. The Hall–Kier alpha value is -0.700. The van der Waals surface area contributed by atoms with Crippen molar-refractivity contribution < 1.29 is 4.58 Å². The zero-order valence-corrected chi connectivity index (χ0v) is 6.30. The predicted octanol–water partition coefficient (Wildman–Crippen LogP) is -0.595. The van der Waals surface area contributed by atoms with E-state index in [4.69, 9.17) is 16.9 Å². The van der Waals surface area contributed by atoms with Crippen LogP contribution in [0.15, 0.2) is 0 Å². The van der Waals surface area contributed by atoms with Crippen LogP contribution < -0.4 is 11.5 Å². The first kappa shape index (κ1) is 9.30. The molecule has 10 heavy (non-hydrogen) atoms. The van der Waals surface area contributed by atoms with Gasteiger partial charge < -0.3 is 11.5 Å². The molecule has 0 bridgehead atoms. The van der Waals surface area contributed by atoms with E-state index >= 15 is 0 Å². The van der Waals surface area contributed by atoms with Gasteiger partial charge in [0.2, 0.25) is 0 Å². The molecule has 0 unspecified atom stereocenters. The van der Waals surface area contributed by atoms with Crippen molar-refractivity contribution in [3.8, 4) is 0 Å². The molecule has 4 heteroatoms. The van der Waals surface area contributed by atoms with Crippen LogP contribution in [0.5, 0.6) is 0 Å². The van der Waals surface area contributed by atoms with E-state index < -0.39 is 0 Å². The number of hydrogen-bond donors (Lipinski definition) is 3. The number of nitrogens with zero attached hydrogens (tertiary/aromatic N) is 1. The van der Waals surface area contributed by atoms with Gasteiger partial charge >= 0.3 is 6.01 Å². The van der Waals surface area contributed by atoms with Crippen molar-refractivity contribution in [2.45, 2.75) is 19.5 Å². The number of nitrogens with two attached hydrogens (primary N) is 2. The summed E-state index contributed by atoms with van der Waals surface area (Å²) in [6, 6.07) is 2.28. The van der Waals surface area contributed by atoms with Crippen molar-refractivity contribution in [2.24, 2.45) is 11.5 Å². The highest BCUT2D eigenvalue weighted by atomic mass is 15.0. The van der Waals surface area contributed by atoms with Gasteiger partial charge in [0.1, 0.15) is 0 Å². The Balaban J connectivity index is 3.57. The van der Waals surface area contributed by atoms with Gasteiger partial charge in [-0.25, -0.2) is 4.58 Å². The van der Waals surface area contributed by atoms with Gasteiger partial charge in [0.05, 0.1) is 19.3 Å². The zero-order chi connectivity index (χ0) is 7.98. The lowest BCUT2D eigenvalue weighted by Gasteiger charge is -2.02. The Bertz CT molecular complexity index is 135. The molecule has 0 fully saturated rings. The average Bonchev–Trinajstić information content (AvgIpc) is 1.90. The first-order valence-corrected chi connectivity index (χ1v) is 3.39. The van der Waals surface area contributed by atoms with E-state index in [2.05, 4.69) is 6.01 Å². The second-order valence-corrected chi connectivity index (χ2v) is 2.14. The second kappa shape index (κ2) is 5.11. The summed E-state index contributed by atoms with van der Waals surface area (Å²) in [5.41, 5.74) is 10.6. The van der Waals surface area contributed by atoms with Crippen molar-refractivity contribution in [3.63, 3.8) is 0 Å². The summed E-state index contributed by atoms with van der Waals surface area (Å²) < 4.78 is 1.73. The molecule has 0 aromatic carbocycles. The Morgan fingerprint density at radius 3 is 2.50 bits per heavy atom. The maximum absolute atomic E-state index is 6.80. The molecule has 0 atom stereocenters. The van der Waals surface area contributed by atoms with Crippen molar-refractivity contribution in [1.29, 1.82) is 5.41 Å². The monoisotopic (exact) mass is 143 g/mol. The fourth-order valence-electron chi connectivity index (χ4n) is 0.598. The van der Waals surface area contributed by atoms with E-state index in [-0.39, 0.29) is 6.17 Å². The van der Waals surface area contributed by atoms with Crippen LogP contribution in [0.3, 0.4) is 0 Å². The van der Waals surface area contributed by atoms with Crippen LogP contribution in [0.2, 0.25) is 0 Å². The molecule has 0 aromatic heterocycles. The molecule has 0 saturated carbocycles. The van der Waals surface area contributed by atoms with Crippen molar-refractivity contribution >= 4 is 6.01 Å². The van der Waals surface area contributed by atoms with E-state index in [1.54, 1.807) is 4.58 Å². The van der Waals surface area contributed by atoms with Crippen LogP contribution in [-0.2, 0) is 0 Å². The first-order chi connectivity index (χ1) is 4.70. The van der Waals surface area contributed by atoms with Crippen LogP contribution in [-0.4, -0.2) is 29.8 Å². The Morgan fingerprint density at radius 1 is 1.60 bits per heavy atom.